The number of methoxy groups -OCH3 is 2. The number of carbonyl (C=O) groups is 2. The van der Waals surface area contributed by atoms with Crippen LogP contribution < -0.4 is 19.7 Å². The summed E-state index contributed by atoms with van der Waals surface area (Å²) in [5.41, 5.74) is 1.30. The van der Waals surface area contributed by atoms with Crippen molar-refractivity contribution < 1.29 is 23.5 Å². The van der Waals surface area contributed by atoms with E-state index in [0.29, 0.717) is 22.2 Å². The first-order valence-corrected chi connectivity index (χ1v) is 9.00. The van der Waals surface area contributed by atoms with Gasteiger partial charge in [0.2, 0.25) is 11.8 Å². The second-order valence-corrected chi connectivity index (χ2v) is 6.94. The first-order chi connectivity index (χ1) is 13.3. The number of anilines is 2. The molecule has 0 radical (unpaired) electrons. The van der Waals surface area contributed by atoms with Gasteiger partial charge in [0, 0.05) is 19.0 Å². The molecule has 0 saturated carbocycles. The molecule has 8 heteroatoms. The lowest BCUT2D eigenvalue weighted by Gasteiger charge is -2.18. The van der Waals surface area contributed by atoms with E-state index in [1.165, 1.54) is 31.3 Å². The Labute approximate surface area is 167 Å². The molecule has 2 aromatic rings. The highest BCUT2D eigenvalue weighted by molar-refractivity contribution is 6.32. The number of ether oxygens (including phenoxy) is 2. The molecule has 2 amide bonds. The summed E-state index contributed by atoms with van der Waals surface area (Å²) >= 11 is 6.12. The zero-order valence-corrected chi connectivity index (χ0v) is 16.5. The quantitative estimate of drug-likeness (QED) is 0.820. The molecule has 0 aliphatic carbocycles. The molecule has 28 heavy (non-hydrogen) atoms. The van der Waals surface area contributed by atoms with Crippen LogP contribution in [0.2, 0.25) is 5.02 Å². The molecule has 1 aliphatic heterocycles. The summed E-state index contributed by atoms with van der Waals surface area (Å²) in [5, 5.41) is 3.04. The van der Waals surface area contributed by atoms with Crippen LogP contribution in [0.1, 0.15) is 12.0 Å². The first-order valence-electron chi connectivity index (χ1n) is 8.63. The highest BCUT2D eigenvalue weighted by Crippen LogP contribution is 2.36. The standard InChI is InChI=1S/C20H20ClFN2O4/c1-11-4-5-16(14(22)6-11)24-10-12(7-19(24)25)20(26)23-15-8-13(21)17(27-2)9-18(15)28-3/h4-6,8-9,12H,7,10H2,1-3H3,(H,23,26). The third kappa shape index (κ3) is 3.89. The van der Waals surface area contributed by atoms with Gasteiger partial charge in [-0.3, -0.25) is 9.59 Å². The first kappa shape index (κ1) is 19.9. The van der Waals surface area contributed by atoms with Gasteiger partial charge in [-0.05, 0) is 30.7 Å². The topological polar surface area (TPSA) is 67.9 Å². The van der Waals surface area contributed by atoms with E-state index in [9.17, 15) is 14.0 Å². The van der Waals surface area contributed by atoms with Crippen LogP contribution in [0.4, 0.5) is 15.8 Å². The van der Waals surface area contributed by atoms with E-state index in [0.717, 1.165) is 5.56 Å². The number of nitrogens with zero attached hydrogens (tertiary/aromatic N) is 1. The number of benzene rings is 2. The lowest BCUT2D eigenvalue weighted by molar-refractivity contribution is -0.122. The fourth-order valence-corrected chi connectivity index (χ4v) is 3.38. The average Bonchev–Trinajstić information content (AvgIpc) is 3.03. The van der Waals surface area contributed by atoms with Gasteiger partial charge >= 0.3 is 0 Å². The van der Waals surface area contributed by atoms with Crippen LogP contribution in [-0.4, -0.2) is 32.6 Å². The summed E-state index contributed by atoms with van der Waals surface area (Å²) in [4.78, 5) is 26.4. The molecule has 1 unspecified atom stereocenters. The highest BCUT2D eigenvalue weighted by Gasteiger charge is 2.36. The van der Waals surface area contributed by atoms with Gasteiger partial charge in [0.15, 0.2) is 0 Å². The average molecular weight is 407 g/mol. The summed E-state index contributed by atoms with van der Waals surface area (Å²) in [5.74, 6) is -1.00. The molecule has 0 aromatic heterocycles. The van der Waals surface area contributed by atoms with E-state index < -0.39 is 11.7 Å². The van der Waals surface area contributed by atoms with Gasteiger partial charge in [-0.1, -0.05) is 17.7 Å². The van der Waals surface area contributed by atoms with Crippen LogP contribution in [0.15, 0.2) is 30.3 Å². The lowest BCUT2D eigenvalue weighted by Crippen LogP contribution is -2.28. The minimum Gasteiger partial charge on any atom is -0.495 e. The van der Waals surface area contributed by atoms with Crippen molar-refractivity contribution in [2.45, 2.75) is 13.3 Å². The summed E-state index contributed by atoms with van der Waals surface area (Å²) in [6.07, 6.45) is -0.00858. The van der Waals surface area contributed by atoms with Crippen molar-refractivity contribution in [1.29, 1.82) is 0 Å². The number of aryl methyl sites for hydroxylation is 1. The second kappa shape index (κ2) is 8.06. The Morgan fingerprint density at radius 3 is 2.57 bits per heavy atom. The number of carbonyl (C=O) groups excluding carboxylic acids is 2. The number of amides is 2. The Bertz CT molecular complexity index is 935. The van der Waals surface area contributed by atoms with Gasteiger partial charge in [0.05, 0.1) is 36.5 Å². The maximum absolute atomic E-state index is 14.2. The molecule has 148 valence electrons. The Hall–Kier alpha value is -2.80. The van der Waals surface area contributed by atoms with Crippen LogP contribution >= 0.6 is 11.6 Å². The maximum atomic E-state index is 14.2. The molecule has 1 aliphatic rings. The van der Waals surface area contributed by atoms with Gasteiger partial charge in [-0.25, -0.2) is 4.39 Å². The minimum absolute atomic E-state index is 0.00858. The third-order valence-corrected chi connectivity index (χ3v) is 4.92. The minimum atomic E-state index is -0.626. The molecule has 0 spiro atoms. The number of rotatable bonds is 5. The van der Waals surface area contributed by atoms with Crippen LogP contribution in [0, 0.1) is 18.7 Å². The maximum Gasteiger partial charge on any atom is 0.229 e. The summed E-state index contributed by atoms with van der Waals surface area (Å²) < 4.78 is 24.6. The van der Waals surface area contributed by atoms with Crippen molar-refractivity contribution in [3.05, 3.63) is 46.7 Å². The Morgan fingerprint density at radius 2 is 1.93 bits per heavy atom. The smallest absolute Gasteiger partial charge is 0.229 e. The molecule has 1 N–H and O–H groups in total. The van der Waals surface area contributed by atoms with E-state index in [2.05, 4.69) is 5.32 Å². The molecule has 3 rings (SSSR count). The van der Waals surface area contributed by atoms with Gasteiger partial charge in [0.25, 0.3) is 0 Å². The number of nitrogens with one attached hydrogen (secondary N) is 1. The lowest BCUT2D eigenvalue weighted by atomic mass is 10.1. The Morgan fingerprint density at radius 1 is 1.21 bits per heavy atom. The van der Waals surface area contributed by atoms with E-state index in [-0.39, 0.29) is 30.5 Å². The van der Waals surface area contributed by atoms with Crippen LogP contribution in [-0.2, 0) is 9.59 Å². The molecule has 6 nitrogen and oxygen atoms in total. The molecule has 1 atom stereocenters. The Balaban J connectivity index is 1.77. The van der Waals surface area contributed by atoms with Crippen LogP contribution in [0.25, 0.3) is 0 Å². The van der Waals surface area contributed by atoms with Crippen molar-refractivity contribution in [3.8, 4) is 11.5 Å². The van der Waals surface area contributed by atoms with Crippen molar-refractivity contribution >= 4 is 34.8 Å². The van der Waals surface area contributed by atoms with Crippen LogP contribution in [0.5, 0.6) is 11.5 Å². The molecular weight excluding hydrogens is 387 g/mol. The zero-order valence-electron chi connectivity index (χ0n) is 15.7. The Kier molecular flexibility index (Phi) is 5.74. The number of hydrogen-bond donors (Lipinski definition) is 1. The van der Waals surface area contributed by atoms with Crippen molar-refractivity contribution in [3.63, 3.8) is 0 Å². The normalized spacial score (nSPS) is 16.2. The van der Waals surface area contributed by atoms with E-state index in [1.54, 1.807) is 25.1 Å². The van der Waals surface area contributed by atoms with E-state index in [4.69, 9.17) is 21.1 Å². The number of hydrogen-bond acceptors (Lipinski definition) is 4. The second-order valence-electron chi connectivity index (χ2n) is 6.54. The molecule has 2 aromatic carbocycles. The van der Waals surface area contributed by atoms with Crippen LogP contribution in [0.3, 0.4) is 0 Å². The summed E-state index contributed by atoms with van der Waals surface area (Å²) in [6, 6.07) is 7.72. The molecular formula is C20H20ClFN2O4. The van der Waals surface area contributed by atoms with Crippen molar-refractivity contribution in [1.82, 2.24) is 0 Å². The predicted molar refractivity (Wildman–Crippen MR) is 105 cm³/mol. The highest BCUT2D eigenvalue weighted by atomic mass is 35.5. The SMILES string of the molecule is COc1cc(OC)c(NC(=O)C2CC(=O)N(c3ccc(C)cc3F)C2)cc1Cl. The van der Waals surface area contributed by atoms with Crippen molar-refractivity contribution in [2.24, 2.45) is 5.92 Å². The fourth-order valence-electron chi connectivity index (χ4n) is 3.14. The molecule has 0 bridgehead atoms. The van der Waals surface area contributed by atoms with Gasteiger partial charge < -0.3 is 19.7 Å². The summed E-state index contributed by atoms with van der Waals surface area (Å²) in [7, 11) is 2.93. The zero-order chi connectivity index (χ0) is 20.4. The molecule has 1 saturated heterocycles. The fraction of sp³-hybridized carbons (Fsp3) is 0.300. The van der Waals surface area contributed by atoms with Gasteiger partial charge in [-0.2, -0.15) is 0 Å². The monoisotopic (exact) mass is 406 g/mol. The van der Waals surface area contributed by atoms with E-state index in [1.807, 2.05) is 0 Å². The molecule has 1 fully saturated rings. The van der Waals surface area contributed by atoms with Gasteiger partial charge in [0.1, 0.15) is 17.3 Å². The predicted octanol–water partition coefficient (Wildman–Crippen LogP) is 3.80. The van der Waals surface area contributed by atoms with E-state index >= 15 is 0 Å². The number of halogens is 2. The summed E-state index contributed by atoms with van der Waals surface area (Å²) in [6.45, 7) is 1.86. The third-order valence-electron chi connectivity index (χ3n) is 4.62. The largest absolute Gasteiger partial charge is 0.495 e. The van der Waals surface area contributed by atoms with Gasteiger partial charge in [-0.15, -0.1) is 0 Å². The molecule has 1 heterocycles. The van der Waals surface area contributed by atoms with Crippen molar-refractivity contribution in [2.75, 3.05) is 31.0 Å².